The number of carboxylic acids is 2. The predicted molar refractivity (Wildman–Crippen MR) is 73.4 cm³/mol. The molecule has 114 valence electrons. The summed E-state index contributed by atoms with van der Waals surface area (Å²) < 4.78 is 4.98. The molecule has 8 nitrogen and oxygen atoms in total. The molecule has 1 aromatic rings. The van der Waals surface area contributed by atoms with Gasteiger partial charge in [0, 0.05) is 0 Å². The molecular weight excluding hydrogens is 280 g/mol. The van der Waals surface area contributed by atoms with E-state index in [4.69, 9.17) is 14.9 Å². The standard InChI is InChI=1S/C13H16N2O6/c1-13(2,3)21-12(20)15-14-7-4-5-8(10(16)17)9(6-7)11(18)19/h4-6,14H,1-3H3,(H,15,20)(H,16,17)(H,18,19). The van der Waals surface area contributed by atoms with Gasteiger partial charge in [-0.3, -0.25) is 5.43 Å². The van der Waals surface area contributed by atoms with Crippen LogP contribution in [0.4, 0.5) is 10.5 Å². The van der Waals surface area contributed by atoms with Crippen molar-refractivity contribution in [1.82, 2.24) is 5.43 Å². The van der Waals surface area contributed by atoms with E-state index in [2.05, 4.69) is 10.9 Å². The number of hydrazine groups is 1. The summed E-state index contributed by atoms with van der Waals surface area (Å²) in [5.41, 5.74) is 3.47. The van der Waals surface area contributed by atoms with Crippen molar-refractivity contribution in [2.75, 3.05) is 5.43 Å². The predicted octanol–water partition coefficient (Wildman–Crippen LogP) is 1.93. The maximum atomic E-state index is 11.4. The molecule has 0 heterocycles. The van der Waals surface area contributed by atoms with Crippen LogP contribution in [0.3, 0.4) is 0 Å². The van der Waals surface area contributed by atoms with Crippen LogP contribution in [0.1, 0.15) is 41.5 Å². The highest BCUT2D eigenvalue weighted by molar-refractivity contribution is 6.02. The van der Waals surface area contributed by atoms with E-state index in [1.165, 1.54) is 6.07 Å². The van der Waals surface area contributed by atoms with Crippen molar-refractivity contribution >= 4 is 23.7 Å². The highest BCUT2D eigenvalue weighted by Crippen LogP contribution is 2.16. The van der Waals surface area contributed by atoms with Gasteiger partial charge in [-0.1, -0.05) is 0 Å². The fourth-order valence-corrected chi connectivity index (χ4v) is 1.41. The Balaban J connectivity index is 2.82. The molecule has 1 rings (SSSR count). The average Bonchev–Trinajstić information content (AvgIpc) is 2.33. The molecule has 1 aromatic carbocycles. The van der Waals surface area contributed by atoms with Gasteiger partial charge in [0.2, 0.25) is 0 Å². The lowest BCUT2D eigenvalue weighted by Crippen LogP contribution is -2.35. The van der Waals surface area contributed by atoms with Gasteiger partial charge in [0.25, 0.3) is 0 Å². The first-order valence-electron chi connectivity index (χ1n) is 5.96. The van der Waals surface area contributed by atoms with Crippen LogP contribution in [0.2, 0.25) is 0 Å². The number of nitrogens with one attached hydrogen (secondary N) is 2. The molecule has 0 aliphatic rings. The lowest BCUT2D eigenvalue weighted by Gasteiger charge is -2.20. The molecule has 21 heavy (non-hydrogen) atoms. The molecule has 0 aromatic heterocycles. The third-order valence-corrected chi connectivity index (χ3v) is 2.19. The molecule has 8 heteroatoms. The van der Waals surface area contributed by atoms with E-state index in [0.29, 0.717) is 0 Å². The molecule has 0 spiro atoms. The van der Waals surface area contributed by atoms with Crippen LogP contribution >= 0.6 is 0 Å². The van der Waals surface area contributed by atoms with E-state index in [9.17, 15) is 14.4 Å². The van der Waals surface area contributed by atoms with E-state index in [-0.39, 0.29) is 11.3 Å². The number of carbonyl (C=O) groups excluding carboxylic acids is 1. The van der Waals surface area contributed by atoms with Crippen molar-refractivity contribution < 1.29 is 29.3 Å². The van der Waals surface area contributed by atoms with Gasteiger partial charge in [-0.15, -0.1) is 0 Å². The minimum Gasteiger partial charge on any atom is -0.478 e. The maximum absolute atomic E-state index is 11.4. The molecule has 0 atom stereocenters. The van der Waals surface area contributed by atoms with Crippen molar-refractivity contribution in [2.24, 2.45) is 0 Å². The van der Waals surface area contributed by atoms with Crippen molar-refractivity contribution in [2.45, 2.75) is 26.4 Å². The number of hydrogen-bond acceptors (Lipinski definition) is 5. The number of hydrogen-bond donors (Lipinski definition) is 4. The number of benzene rings is 1. The Morgan fingerprint density at radius 2 is 1.62 bits per heavy atom. The molecule has 0 aliphatic heterocycles. The molecule has 0 fully saturated rings. The first kappa shape index (κ1) is 16.3. The second-order valence-corrected chi connectivity index (χ2v) is 5.12. The minimum atomic E-state index is -1.38. The Hall–Kier alpha value is -2.77. The summed E-state index contributed by atoms with van der Waals surface area (Å²) >= 11 is 0. The smallest absolute Gasteiger partial charge is 0.426 e. The molecule has 0 unspecified atom stereocenters. The average molecular weight is 296 g/mol. The Morgan fingerprint density at radius 3 is 2.10 bits per heavy atom. The van der Waals surface area contributed by atoms with Gasteiger partial charge in [-0.2, -0.15) is 0 Å². The fraction of sp³-hybridized carbons (Fsp3) is 0.308. The summed E-state index contributed by atoms with van der Waals surface area (Å²) in [7, 11) is 0. The van der Waals surface area contributed by atoms with Crippen molar-refractivity contribution in [3.63, 3.8) is 0 Å². The number of aromatic carboxylic acids is 2. The van der Waals surface area contributed by atoms with Gasteiger partial charge < -0.3 is 14.9 Å². The largest absolute Gasteiger partial charge is 0.478 e. The van der Waals surface area contributed by atoms with Crippen molar-refractivity contribution in [3.8, 4) is 0 Å². The Morgan fingerprint density at radius 1 is 1.05 bits per heavy atom. The number of amides is 1. The zero-order chi connectivity index (χ0) is 16.2. The molecule has 4 N–H and O–H groups in total. The van der Waals surface area contributed by atoms with Gasteiger partial charge in [-0.05, 0) is 39.0 Å². The molecule has 0 bridgehead atoms. The van der Waals surface area contributed by atoms with Gasteiger partial charge in [0.1, 0.15) is 5.60 Å². The quantitative estimate of drug-likeness (QED) is 0.625. The second-order valence-electron chi connectivity index (χ2n) is 5.12. The molecule has 0 saturated carbocycles. The summed E-state index contributed by atoms with van der Waals surface area (Å²) in [5, 5.41) is 17.8. The highest BCUT2D eigenvalue weighted by Gasteiger charge is 2.18. The number of carbonyl (C=O) groups is 3. The van der Waals surface area contributed by atoms with Crippen molar-refractivity contribution in [3.05, 3.63) is 29.3 Å². The fourth-order valence-electron chi connectivity index (χ4n) is 1.41. The maximum Gasteiger partial charge on any atom is 0.426 e. The monoisotopic (exact) mass is 296 g/mol. The van der Waals surface area contributed by atoms with E-state index < -0.39 is 29.2 Å². The normalized spacial score (nSPS) is 10.6. The zero-order valence-corrected chi connectivity index (χ0v) is 11.8. The van der Waals surface area contributed by atoms with E-state index >= 15 is 0 Å². The number of ether oxygens (including phenoxy) is 1. The summed E-state index contributed by atoms with van der Waals surface area (Å²) in [6, 6.07) is 3.56. The molecule has 0 saturated heterocycles. The van der Waals surface area contributed by atoms with Crippen LogP contribution in [-0.4, -0.2) is 33.8 Å². The molecular formula is C13H16N2O6. The molecule has 0 aliphatic carbocycles. The van der Waals surface area contributed by atoms with Crippen LogP contribution in [0, 0.1) is 0 Å². The van der Waals surface area contributed by atoms with Gasteiger partial charge in [0.05, 0.1) is 16.8 Å². The Kier molecular flexibility index (Phi) is 4.75. The third kappa shape index (κ3) is 5.01. The summed E-state index contributed by atoms with van der Waals surface area (Å²) in [5.74, 6) is -2.73. The van der Waals surface area contributed by atoms with Gasteiger partial charge >= 0.3 is 18.0 Å². The van der Waals surface area contributed by atoms with Crippen LogP contribution in [0.15, 0.2) is 18.2 Å². The number of carboxylic acid groups (broad SMARTS) is 2. The number of anilines is 1. The molecule has 0 radical (unpaired) electrons. The van der Waals surface area contributed by atoms with E-state index in [1.54, 1.807) is 20.8 Å². The SMILES string of the molecule is CC(C)(C)OC(=O)NNc1ccc(C(=O)O)c(C(=O)O)c1. The Labute approximate surface area is 120 Å². The van der Waals surface area contributed by atoms with Crippen LogP contribution in [-0.2, 0) is 4.74 Å². The first-order valence-corrected chi connectivity index (χ1v) is 5.96. The first-order chi connectivity index (χ1) is 9.60. The van der Waals surface area contributed by atoms with Crippen LogP contribution in [0.25, 0.3) is 0 Å². The van der Waals surface area contributed by atoms with E-state index in [0.717, 1.165) is 12.1 Å². The second kappa shape index (κ2) is 6.12. The lowest BCUT2D eigenvalue weighted by molar-refractivity contribution is 0.0540. The van der Waals surface area contributed by atoms with Gasteiger partial charge in [0.15, 0.2) is 0 Å². The molecule has 1 amide bonds. The van der Waals surface area contributed by atoms with Crippen molar-refractivity contribution in [1.29, 1.82) is 0 Å². The zero-order valence-electron chi connectivity index (χ0n) is 11.8. The summed E-state index contributed by atoms with van der Waals surface area (Å²) in [6.07, 6.45) is -0.748. The van der Waals surface area contributed by atoms with E-state index in [1.807, 2.05) is 0 Å². The van der Waals surface area contributed by atoms with Gasteiger partial charge in [-0.25, -0.2) is 19.8 Å². The minimum absolute atomic E-state index is 0.211. The van der Waals surface area contributed by atoms with Crippen LogP contribution < -0.4 is 10.9 Å². The third-order valence-electron chi connectivity index (χ3n) is 2.19. The Bertz CT molecular complexity index is 577. The van der Waals surface area contributed by atoms with Crippen LogP contribution in [0.5, 0.6) is 0 Å². The summed E-state index contributed by atoms with van der Waals surface area (Å²) in [4.78, 5) is 33.3. The number of rotatable bonds is 4. The highest BCUT2D eigenvalue weighted by atomic mass is 16.6. The topological polar surface area (TPSA) is 125 Å². The lowest BCUT2D eigenvalue weighted by atomic mass is 10.1. The summed E-state index contributed by atoms with van der Waals surface area (Å²) in [6.45, 7) is 5.07.